The molecule has 1 heterocycles. The number of unbranched alkanes of at least 4 members (excludes halogenated alkanes) is 2. The largest absolute Gasteiger partial charge is 0.383 e. The summed E-state index contributed by atoms with van der Waals surface area (Å²) < 4.78 is 1.23. The second kappa shape index (κ2) is 10.1. The quantitative estimate of drug-likeness (QED) is 0.455. The zero-order valence-electron chi connectivity index (χ0n) is 16.8. The standard InChI is InChI=1S/C19H24ClN5O5/c1-3-5-9-23(18(27)13-8-7-12(25(29)30)11-14(13)20)15-16(21)24(10-6-4-2)19(28)22-17(15)26/h7-8,11H,3-6,9-10,21H2,1-2H3,(H,22,26,28). The number of H-pyrrole nitrogens is 1. The summed E-state index contributed by atoms with van der Waals surface area (Å²) in [6.45, 7) is 4.31. The number of anilines is 2. The summed E-state index contributed by atoms with van der Waals surface area (Å²) in [5, 5.41) is 10.8. The third kappa shape index (κ3) is 4.88. The van der Waals surface area contributed by atoms with Crippen molar-refractivity contribution in [2.45, 2.75) is 46.1 Å². The molecule has 0 aliphatic rings. The highest BCUT2D eigenvalue weighted by molar-refractivity contribution is 6.34. The first-order valence-electron chi connectivity index (χ1n) is 9.61. The van der Waals surface area contributed by atoms with Gasteiger partial charge in [0.1, 0.15) is 5.82 Å². The third-order valence-corrected chi connectivity index (χ3v) is 4.91. The fraction of sp³-hybridized carbons (Fsp3) is 0.421. The van der Waals surface area contributed by atoms with E-state index in [0.29, 0.717) is 19.4 Å². The molecule has 0 aliphatic carbocycles. The van der Waals surface area contributed by atoms with Crippen molar-refractivity contribution in [3.63, 3.8) is 0 Å². The topological polar surface area (TPSA) is 144 Å². The highest BCUT2D eigenvalue weighted by Gasteiger charge is 2.27. The van der Waals surface area contributed by atoms with Crippen molar-refractivity contribution in [2.24, 2.45) is 0 Å². The molecule has 11 heteroatoms. The van der Waals surface area contributed by atoms with Crippen molar-refractivity contribution in [3.8, 4) is 0 Å². The number of aromatic nitrogens is 2. The van der Waals surface area contributed by atoms with Gasteiger partial charge in [-0.2, -0.15) is 0 Å². The van der Waals surface area contributed by atoms with Gasteiger partial charge in [0, 0.05) is 25.2 Å². The lowest BCUT2D eigenvalue weighted by Gasteiger charge is -2.25. The van der Waals surface area contributed by atoms with Gasteiger partial charge in [-0.3, -0.25) is 29.3 Å². The average molecular weight is 438 g/mol. The Morgan fingerprint density at radius 3 is 2.50 bits per heavy atom. The van der Waals surface area contributed by atoms with E-state index in [1.807, 2.05) is 13.8 Å². The van der Waals surface area contributed by atoms with Gasteiger partial charge in [0.05, 0.1) is 15.5 Å². The lowest BCUT2D eigenvalue weighted by molar-refractivity contribution is -0.384. The van der Waals surface area contributed by atoms with Gasteiger partial charge in [0.15, 0.2) is 5.69 Å². The van der Waals surface area contributed by atoms with Crippen molar-refractivity contribution in [2.75, 3.05) is 17.2 Å². The zero-order chi connectivity index (χ0) is 22.4. The lowest BCUT2D eigenvalue weighted by atomic mass is 10.1. The van der Waals surface area contributed by atoms with Gasteiger partial charge in [-0.1, -0.05) is 38.3 Å². The third-order valence-electron chi connectivity index (χ3n) is 4.59. The van der Waals surface area contributed by atoms with Crippen LogP contribution in [0.15, 0.2) is 27.8 Å². The van der Waals surface area contributed by atoms with E-state index in [4.69, 9.17) is 17.3 Å². The number of carbonyl (C=O) groups is 1. The molecule has 30 heavy (non-hydrogen) atoms. The molecule has 0 aliphatic heterocycles. The molecule has 3 N–H and O–H groups in total. The van der Waals surface area contributed by atoms with Crippen LogP contribution in [-0.4, -0.2) is 26.9 Å². The Bertz CT molecular complexity index is 1060. The van der Waals surface area contributed by atoms with E-state index in [-0.39, 0.29) is 34.3 Å². The minimum Gasteiger partial charge on any atom is -0.383 e. The monoisotopic (exact) mass is 437 g/mol. The summed E-state index contributed by atoms with van der Waals surface area (Å²) in [6.07, 6.45) is 2.75. The smallest absolute Gasteiger partial charge is 0.330 e. The number of rotatable bonds is 9. The molecule has 0 fully saturated rings. The van der Waals surface area contributed by atoms with E-state index in [2.05, 4.69) is 4.98 Å². The highest BCUT2D eigenvalue weighted by Crippen LogP contribution is 2.27. The predicted octanol–water partition coefficient (Wildman–Crippen LogP) is 2.93. The first kappa shape index (κ1) is 23.1. The van der Waals surface area contributed by atoms with E-state index in [0.717, 1.165) is 25.0 Å². The number of nitrogens with two attached hydrogens (primary N) is 1. The molecule has 2 aromatic rings. The maximum atomic E-state index is 13.2. The minimum atomic E-state index is -0.785. The number of aromatic amines is 1. The van der Waals surface area contributed by atoms with Gasteiger partial charge in [-0.25, -0.2) is 4.79 Å². The average Bonchev–Trinajstić information content (AvgIpc) is 2.69. The summed E-state index contributed by atoms with van der Waals surface area (Å²) in [5.41, 5.74) is 4.30. The maximum absolute atomic E-state index is 13.2. The molecule has 0 saturated carbocycles. The van der Waals surface area contributed by atoms with Crippen LogP contribution in [0.4, 0.5) is 17.2 Å². The highest BCUT2D eigenvalue weighted by atomic mass is 35.5. The van der Waals surface area contributed by atoms with Crippen LogP contribution in [0.3, 0.4) is 0 Å². The molecule has 0 radical (unpaired) electrons. The van der Waals surface area contributed by atoms with E-state index < -0.39 is 22.1 Å². The lowest BCUT2D eigenvalue weighted by Crippen LogP contribution is -2.41. The van der Waals surface area contributed by atoms with Crippen LogP contribution in [0.5, 0.6) is 0 Å². The van der Waals surface area contributed by atoms with Crippen LogP contribution < -0.4 is 21.9 Å². The van der Waals surface area contributed by atoms with Crippen LogP contribution >= 0.6 is 11.6 Å². The Balaban J connectivity index is 2.61. The first-order valence-corrected chi connectivity index (χ1v) is 9.99. The molecule has 0 unspecified atom stereocenters. The Kier molecular flexibility index (Phi) is 7.76. The number of hydrogen-bond donors (Lipinski definition) is 2. The van der Waals surface area contributed by atoms with Gasteiger partial charge in [0.25, 0.3) is 17.2 Å². The van der Waals surface area contributed by atoms with Crippen molar-refractivity contribution in [3.05, 3.63) is 59.7 Å². The molecule has 0 bridgehead atoms. The SMILES string of the molecule is CCCCN(C(=O)c1ccc([N+](=O)[O-])cc1Cl)c1c(N)n(CCCC)c(=O)[nH]c1=O. The second-order valence-electron chi connectivity index (χ2n) is 6.73. The van der Waals surface area contributed by atoms with Crippen molar-refractivity contribution >= 4 is 34.7 Å². The number of nitrogens with one attached hydrogen (secondary N) is 1. The van der Waals surface area contributed by atoms with Crippen LogP contribution in [0.1, 0.15) is 49.9 Å². The minimum absolute atomic E-state index is 0.0107. The number of nitro groups is 1. The number of carbonyl (C=O) groups excluding carboxylic acids is 1. The molecule has 10 nitrogen and oxygen atoms in total. The molecule has 1 aromatic carbocycles. The summed E-state index contributed by atoms with van der Waals surface area (Å²) in [4.78, 5) is 51.7. The number of nitrogen functional groups attached to an aromatic ring is 1. The summed E-state index contributed by atoms with van der Waals surface area (Å²) in [7, 11) is 0. The number of nitrogens with zero attached hydrogens (tertiary/aromatic N) is 3. The van der Waals surface area contributed by atoms with Gasteiger partial charge in [-0.15, -0.1) is 0 Å². The number of hydrogen-bond acceptors (Lipinski definition) is 6. The van der Waals surface area contributed by atoms with Crippen molar-refractivity contribution < 1.29 is 9.72 Å². The number of benzene rings is 1. The van der Waals surface area contributed by atoms with Gasteiger partial charge >= 0.3 is 5.69 Å². The predicted molar refractivity (Wildman–Crippen MR) is 115 cm³/mol. The Morgan fingerprint density at radius 1 is 1.27 bits per heavy atom. The molecule has 0 atom stereocenters. The number of nitro benzene ring substituents is 1. The molecule has 2 rings (SSSR count). The molecular formula is C19H24ClN5O5. The molecule has 1 aromatic heterocycles. The van der Waals surface area contributed by atoms with Crippen LogP contribution in [0, 0.1) is 10.1 Å². The summed E-state index contributed by atoms with van der Waals surface area (Å²) in [6, 6.07) is 3.47. The van der Waals surface area contributed by atoms with Crippen molar-refractivity contribution in [1.82, 2.24) is 9.55 Å². The van der Waals surface area contributed by atoms with Gasteiger partial charge in [0.2, 0.25) is 0 Å². The number of amides is 1. The normalized spacial score (nSPS) is 10.8. The van der Waals surface area contributed by atoms with Gasteiger partial charge in [-0.05, 0) is 18.9 Å². The van der Waals surface area contributed by atoms with Crippen molar-refractivity contribution in [1.29, 1.82) is 0 Å². The molecule has 162 valence electrons. The van der Waals surface area contributed by atoms with Crippen LogP contribution in [0.2, 0.25) is 5.02 Å². The van der Waals surface area contributed by atoms with E-state index >= 15 is 0 Å². The Hall–Kier alpha value is -3.14. The van der Waals surface area contributed by atoms with E-state index in [1.54, 1.807) is 0 Å². The maximum Gasteiger partial charge on any atom is 0.330 e. The Morgan fingerprint density at radius 2 is 1.93 bits per heavy atom. The fourth-order valence-corrected chi connectivity index (χ4v) is 3.20. The van der Waals surface area contributed by atoms with E-state index in [1.165, 1.54) is 15.5 Å². The number of non-ortho nitro benzene ring substituents is 1. The molecule has 0 saturated heterocycles. The number of halogens is 1. The molecule has 0 spiro atoms. The summed E-state index contributed by atoms with van der Waals surface area (Å²) in [5.74, 6) is -0.749. The fourth-order valence-electron chi connectivity index (χ4n) is 2.94. The molecular weight excluding hydrogens is 414 g/mol. The van der Waals surface area contributed by atoms with Crippen LogP contribution in [0.25, 0.3) is 0 Å². The zero-order valence-corrected chi connectivity index (χ0v) is 17.6. The second-order valence-corrected chi connectivity index (χ2v) is 7.14. The first-order chi connectivity index (χ1) is 14.2. The molecule has 1 amide bonds. The van der Waals surface area contributed by atoms with E-state index in [9.17, 15) is 24.5 Å². The van der Waals surface area contributed by atoms with Gasteiger partial charge < -0.3 is 10.6 Å². The Labute approximate surface area is 177 Å². The van der Waals surface area contributed by atoms with Crippen LogP contribution in [-0.2, 0) is 6.54 Å². The summed E-state index contributed by atoms with van der Waals surface area (Å²) >= 11 is 6.11.